The van der Waals surface area contributed by atoms with Crippen LogP contribution >= 0.6 is 0 Å². The van der Waals surface area contributed by atoms with Gasteiger partial charge in [-0.15, -0.1) is 0 Å². The van der Waals surface area contributed by atoms with E-state index in [2.05, 4.69) is 247 Å². The molecule has 0 bridgehead atoms. The number of benzene rings is 7. The maximum atomic E-state index is 2.40. The fourth-order valence-electron chi connectivity index (χ4n) is 8.18. The monoisotopic (exact) mass is 742 g/mol. The van der Waals surface area contributed by atoms with E-state index in [1.165, 1.54) is 44.5 Å². The Hall–Kier alpha value is -6.12. The van der Waals surface area contributed by atoms with E-state index >= 15 is 0 Å². The molecule has 0 radical (unpaired) electrons. The maximum Gasteiger partial charge on any atom is 0.0465 e. The average Bonchev–Trinajstić information content (AvgIpc) is 3.43. The lowest BCUT2D eigenvalue weighted by Crippen LogP contribution is -2.16. The topological polar surface area (TPSA) is 6.48 Å². The second-order valence-corrected chi connectivity index (χ2v) is 18.0. The highest BCUT2D eigenvalue weighted by molar-refractivity contribution is 5.87. The van der Waals surface area contributed by atoms with Crippen LogP contribution in [0, 0.1) is 0 Å². The van der Waals surface area contributed by atoms with Crippen molar-refractivity contribution < 1.29 is 0 Å². The third kappa shape index (κ3) is 7.57. The molecule has 8 rings (SSSR count). The molecule has 7 aromatic carbocycles. The van der Waals surface area contributed by atoms with E-state index in [9.17, 15) is 0 Å². The molecule has 2 heteroatoms. The van der Waals surface area contributed by atoms with Crippen LogP contribution in [0.3, 0.4) is 0 Å². The zero-order chi connectivity index (χ0) is 40.0. The van der Waals surface area contributed by atoms with Gasteiger partial charge in [0.2, 0.25) is 0 Å². The van der Waals surface area contributed by atoms with Crippen molar-refractivity contribution in [2.45, 2.75) is 71.6 Å². The quantitative estimate of drug-likeness (QED) is 0.143. The van der Waals surface area contributed by atoms with Crippen LogP contribution in [0.5, 0.6) is 0 Å². The molecule has 0 spiro atoms. The fraction of sp³-hybridized carbons (Fsp3) is 0.200. The summed E-state index contributed by atoms with van der Waals surface area (Å²) in [6, 6.07) is 62.2. The minimum absolute atomic E-state index is 0.0980. The molecule has 0 fully saturated rings. The minimum Gasteiger partial charge on any atom is -0.311 e. The third-order valence-corrected chi connectivity index (χ3v) is 11.6. The summed E-state index contributed by atoms with van der Waals surface area (Å²) < 4.78 is 0. The molecule has 0 N–H and O–H groups in total. The van der Waals surface area contributed by atoms with Crippen LogP contribution in [0.25, 0.3) is 23.3 Å². The Labute approximate surface area is 340 Å². The highest BCUT2D eigenvalue weighted by Crippen LogP contribution is 2.51. The van der Waals surface area contributed by atoms with Gasteiger partial charge >= 0.3 is 0 Å². The molecule has 2 nitrogen and oxygen atoms in total. The summed E-state index contributed by atoms with van der Waals surface area (Å²) in [5.41, 5.74) is 17.3. The van der Waals surface area contributed by atoms with Crippen LogP contribution in [-0.4, -0.2) is 0 Å². The summed E-state index contributed by atoms with van der Waals surface area (Å²) >= 11 is 0. The normalized spacial score (nSPS) is 13.3. The molecule has 1 aliphatic carbocycles. The van der Waals surface area contributed by atoms with Crippen molar-refractivity contribution in [3.8, 4) is 11.1 Å². The smallest absolute Gasteiger partial charge is 0.0465 e. The zero-order valence-electron chi connectivity index (χ0n) is 34.7. The number of para-hydroxylation sites is 2. The number of nitrogens with zero attached hydrogens (tertiary/aromatic N) is 2. The van der Waals surface area contributed by atoms with Gasteiger partial charge in [0, 0.05) is 39.5 Å². The Kier molecular flexibility index (Phi) is 9.78. The lowest BCUT2D eigenvalue weighted by atomic mass is 9.81. The van der Waals surface area contributed by atoms with E-state index < -0.39 is 0 Å². The molecule has 0 saturated carbocycles. The Balaban J connectivity index is 1.07. The second-order valence-electron chi connectivity index (χ2n) is 18.0. The molecule has 7 aromatic rings. The molecule has 0 heterocycles. The van der Waals surface area contributed by atoms with Crippen molar-refractivity contribution in [1.29, 1.82) is 0 Å². The first-order chi connectivity index (χ1) is 27.3. The summed E-state index contributed by atoms with van der Waals surface area (Å²) in [5, 5.41) is 0. The Morgan fingerprint density at radius 1 is 0.368 bits per heavy atom. The van der Waals surface area contributed by atoms with Gasteiger partial charge in [-0.25, -0.2) is 0 Å². The summed E-state index contributed by atoms with van der Waals surface area (Å²) in [7, 11) is 0. The van der Waals surface area contributed by atoms with E-state index in [0.717, 1.165) is 34.1 Å². The summed E-state index contributed by atoms with van der Waals surface area (Å²) in [4.78, 5) is 4.71. The van der Waals surface area contributed by atoms with Crippen molar-refractivity contribution in [3.63, 3.8) is 0 Å². The average molecular weight is 743 g/mol. The number of hydrogen-bond donors (Lipinski definition) is 0. The van der Waals surface area contributed by atoms with Crippen LogP contribution in [0.15, 0.2) is 170 Å². The van der Waals surface area contributed by atoms with Crippen LogP contribution in [0.4, 0.5) is 34.1 Å². The minimum atomic E-state index is -0.148. The number of rotatable bonds is 8. The first-order valence-corrected chi connectivity index (χ1v) is 20.3. The van der Waals surface area contributed by atoms with Gasteiger partial charge in [0.1, 0.15) is 0 Å². The van der Waals surface area contributed by atoms with Crippen LogP contribution in [0.1, 0.15) is 88.8 Å². The lowest BCUT2D eigenvalue weighted by Gasteiger charge is -2.28. The molecule has 0 aliphatic heterocycles. The molecule has 0 saturated heterocycles. The van der Waals surface area contributed by atoms with Gasteiger partial charge < -0.3 is 9.80 Å². The van der Waals surface area contributed by atoms with Crippen LogP contribution < -0.4 is 9.80 Å². The van der Waals surface area contributed by atoms with Gasteiger partial charge in [0.05, 0.1) is 0 Å². The highest BCUT2D eigenvalue weighted by Gasteiger charge is 2.36. The number of anilines is 6. The summed E-state index contributed by atoms with van der Waals surface area (Å²) in [6.45, 7) is 18.3. The lowest BCUT2D eigenvalue weighted by molar-refractivity contribution is 0.590. The fourth-order valence-corrected chi connectivity index (χ4v) is 8.18. The third-order valence-electron chi connectivity index (χ3n) is 11.6. The molecule has 57 heavy (non-hydrogen) atoms. The molecule has 0 aromatic heterocycles. The first kappa shape index (κ1) is 37.8. The SMILES string of the molecule is CC(C)(C)c1ccc(N(c2ccc(/C=C/c3ccc4c(c3)C(C)(C)c3cc(N(c5ccccc5)c5ccccc5)ccc3-4)cc2)c2ccc(C(C)(C)C)cc2)cc1. The van der Waals surface area contributed by atoms with Gasteiger partial charge in [-0.1, -0.05) is 165 Å². The van der Waals surface area contributed by atoms with Gasteiger partial charge in [-0.05, 0) is 128 Å². The van der Waals surface area contributed by atoms with Crippen LogP contribution in [-0.2, 0) is 16.2 Å². The summed E-state index contributed by atoms with van der Waals surface area (Å²) in [5.74, 6) is 0. The van der Waals surface area contributed by atoms with Gasteiger partial charge in [0.15, 0.2) is 0 Å². The molecule has 0 atom stereocenters. The van der Waals surface area contributed by atoms with Crippen LogP contribution in [0.2, 0.25) is 0 Å². The molecule has 1 aliphatic rings. The van der Waals surface area contributed by atoms with E-state index in [0.29, 0.717) is 0 Å². The Morgan fingerprint density at radius 2 is 0.719 bits per heavy atom. The van der Waals surface area contributed by atoms with Crippen molar-refractivity contribution in [3.05, 3.63) is 203 Å². The standard InChI is InChI=1S/C55H54N2/c1-53(2,3)41-24-30-46(31-25-41)56(47-32-26-42(27-33-47)54(4,5)6)45-28-21-39(22-29-45)19-20-40-23-35-49-50-36-34-48(38-52(50)55(7,8)51(49)37-40)57(43-15-11-9-12-16-43)44-17-13-10-14-18-44/h9-38H,1-8H3/b20-19+. The van der Waals surface area contributed by atoms with E-state index in [-0.39, 0.29) is 16.2 Å². The molecule has 0 unspecified atom stereocenters. The maximum absolute atomic E-state index is 2.40. The highest BCUT2D eigenvalue weighted by atomic mass is 15.1. The summed E-state index contributed by atoms with van der Waals surface area (Å²) in [6.07, 6.45) is 4.48. The van der Waals surface area contributed by atoms with E-state index in [4.69, 9.17) is 0 Å². The predicted molar refractivity (Wildman–Crippen MR) is 246 cm³/mol. The van der Waals surface area contributed by atoms with Gasteiger partial charge in [0.25, 0.3) is 0 Å². The Bertz CT molecular complexity index is 2410. The molecular weight excluding hydrogens is 689 g/mol. The number of hydrogen-bond acceptors (Lipinski definition) is 2. The van der Waals surface area contributed by atoms with Crippen molar-refractivity contribution >= 4 is 46.3 Å². The number of fused-ring (bicyclic) bond motifs is 3. The van der Waals surface area contributed by atoms with E-state index in [1.54, 1.807) is 0 Å². The second kappa shape index (κ2) is 14.8. The molecule has 0 amide bonds. The van der Waals surface area contributed by atoms with Crippen molar-refractivity contribution in [2.75, 3.05) is 9.80 Å². The van der Waals surface area contributed by atoms with Crippen molar-refractivity contribution in [2.24, 2.45) is 0 Å². The molecular formula is C55H54N2. The largest absolute Gasteiger partial charge is 0.311 e. The zero-order valence-corrected chi connectivity index (χ0v) is 34.7. The predicted octanol–water partition coefficient (Wildman–Crippen LogP) is 15.7. The first-order valence-electron chi connectivity index (χ1n) is 20.3. The van der Waals surface area contributed by atoms with Gasteiger partial charge in [-0.2, -0.15) is 0 Å². The van der Waals surface area contributed by atoms with E-state index in [1.807, 2.05) is 0 Å². The van der Waals surface area contributed by atoms with Crippen molar-refractivity contribution in [1.82, 2.24) is 0 Å². The van der Waals surface area contributed by atoms with Gasteiger partial charge in [-0.3, -0.25) is 0 Å². The molecule has 284 valence electrons. The Morgan fingerprint density at radius 3 is 1.19 bits per heavy atom.